The Morgan fingerprint density at radius 3 is 1.64 bits per heavy atom. The molecular weight excluding hydrogens is 599 g/mol. The van der Waals surface area contributed by atoms with Gasteiger partial charge in [0.2, 0.25) is 0 Å². The van der Waals surface area contributed by atoms with Crippen LogP contribution in [0.1, 0.15) is 43.9 Å². The van der Waals surface area contributed by atoms with Gasteiger partial charge in [-0.05, 0) is 58.9 Å². The molecule has 0 saturated carbocycles. The third-order valence-corrected chi connectivity index (χ3v) is 6.02. The van der Waals surface area contributed by atoms with Gasteiger partial charge in [-0.1, -0.05) is 24.3 Å². The van der Waals surface area contributed by atoms with E-state index >= 15 is 0 Å². The summed E-state index contributed by atoms with van der Waals surface area (Å²) in [4.78, 5) is 28.9. The molecule has 214 valence electrons. The third kappa shape index (κ3) is 7.02. The molecule has 4 heterocycles. The number of hydrogen-bond donors (Lipinski definition) is 0. The number of fused-ring (bicyclic) bond motifs is 6. The van der Waals surface area contributed by atoms with Gasteiger partial charge in [0.15, 0.2) is 6.29 Å². The van der Waals surface area contributed by atoms with Gasteiger partial charge < -0.3 is 9.47 Å². The molecule has 0 aliphatic heterocycles. The van der Waals surface area contributed by atoms with Crippen molar-refractivity contribution in [3.63, 3.8) is 0 Å². The van der Waals surface area contributed by atoms with Crippen molar-refractivity contribution < 1.29 is 21.9 Å². The van der Waals surface area contributed by atoms with E-state index in [1.165, 1.54) is 0 Å². The van der Waals surface area contributed by atoms with E-state index in [0.29, 0.717) is 17.0 Å². The van der Waals surface area contributed by atoms with Crippen LogP contribution in [-0.2, 0) is 7.67 Å². The molecular formula is C32H30N4O5Se. The van der Waals surface area contributed by atoms with E-state index in [0.717, 1.165) is 55.8 Å². The molecule has 0 unspecified atom stereocenters. The zero-order valence-electron chi connectivity index (χ0n) is 23.9. The van der Waals surface area contributed by atoms with Crippen LogP contribution in [0.15, 0.2) is 73.1 Å². The van der Waals surface area contributed by atoms with Crippen LogP contribution in [-0.4, -0.2) is 53.3 Å². The number of aryl methyl sites for hydroxylation is 1. The van der Waals surface area contributed by atoms with Gasteiger partial charge in [-0.3, -0.25) is 19.7 Å². The quantitative estimate of drug-likeness (QED) is 0.117. The molecule has 0 radical (unpaired) electrons. The Kier molecular flexibility index (Phi) is 10.1. The average molecular weight is 630 g/mol. The molecule has 4 aromatic heterocycles. The number of nitrogens with zero attached hydrogens (tertiary/aromatic N) is 4. The number of aromatic nitrogens is 4. The second-order valence-electron chi connectivity index (χ2n) is 9.90. The number of carbonyl (C=O) groups excluding carboxylic acids is 1. The van der Waals surface area contributed by atoms with E-state index < -0.39 is 14.8 Å². The van der Waals surface area contributed by atoms with Gasteiger partial charge in [-0.25, -0.2) is 4.98 Å². The molecule has 42 heavy (non-hydrogen) atoms. The molecule has 0 N–H and O–H groups in total. The first-order chi connectivity index (χ1) is 20.2. The summed E-state index contributed by atoms with van der Waals surface area (Å²) in [7, 11) is 0. The van der Waals surface area contributed by atoms with Crippen LogP contribution in [0, 0.1) is 6.92 Å². The van der Waals surface area contributed by atoms with Crippen LogP contribution >= 0.6 is 0 Å². The summed E-state index contributed by atoms with van der Waals surface area (Å²) in [6, 6.07) is 19.6. The van der Waals surface area contributed by atoms with Crippen LogP contribution in [0.2, 0.25) is 0 Å². The molecule has 9 nitrogen and oxygen atoms in total. The average Bonchev–Trinajstić information content (AvgIpc) is 2.97. The summed E-state index contributed by atoms with van der Waals surface area (Å²) in [6.07, 6.45) is 4.42. The summed E-state index contributed by atoms with van der Waals surface area (Å²) in [6.45, 7) is 9.94. The summed E-state index contributed by atoms with van der Waals surface area (Å²) >= 11 is -1.62. The minimum atomic E-state index is -1.62. The first-order valence-corrected chi connectivity index (χ1v) is 14.7. The number of benzene rings is 2. The molecule has 0 bridgehead atoms. The van der Waals surface area contributed by atoms with Crippen molar-refractivity contribution >= 4 is 64.7 Å². The summed E-state index contributed by atoms with van der Waals surface area (Å²) in [5.41, 5.74) is 4.62. The van der Waals surface area contributed by atoms with Crippen LogP contribution in [0.25, 0.3) is 43.6 Å². The predicted molar refractivity (Wildman–Crippen MR) is 163 cm³/mol. The molecule has 0 fully saturated rings. The second-order valence-corrected chi connectivity index (χ2v) is 10.2. The number of carbonyl (C=O) groups is 1. The summed E-state index contributed by atoms with van der Waals surface area (Å²) in [5.74, 6) is 1.55. The van der Waals surface area contributed by atoms with Gasteiger partial charge >= 0.3 is 22.5 Å². The zero-order valence-corrected chi connectivity index (χ0v) is 25.6. The zero-order chi connectivity index (χ0) is 30.2. The first-order valence-electron chi connectivity index (χ1n) is 13.3. The van der Waals surface area contributed by atoms with Gasteiger partial charge in [-0.2, -0.15) is 0 Å². The van der Waals surface area contributed by atoms with Crippen LogP contribution in [0.3, 0.4) is 0 Å². The molecule has 10 heteroatoms. The van der Waals surface area contributed by atoms with Crippen molar-refractivity contribution in [3.8, 4) is 11.5 Å². The van der Waals surface area contributed by atoms with E-state index in [4.69, 9.17) is 17.1 Å². The van der Waals surface area contributed by atoms with Crippen LogP contribution < -0.4 is 9.47 Å². The monoisotopic (exact) mass is 630 g/mol. The van der Waals surface area contributed by atoms with Crippen LogP contribution in [0.5, 0.6) is 11.5 Å². The predicted octanol–water partition coefficient (Wildman–Crippen LogP) is 6.64. The fraction of sp³-hybridized carbons (Fsp3) is 0.219. The molecule has 0 aliphatic rings. The fourth-order valence-electron chi connectivity index (χ4n) is 4.50. The maximum atomic E-state index is 11.1. The van der Waals surface area contributed by atoms with E-state index in [-0.39, 0.29) is 12.2 Å². The van der Waals surface area contributed by atoms with Crippen molar-refractivity contribution in [1.82, 2.24) is 19.9 Å². The normalized spacial score (nSPS) is 10.7. The van der Waals surface area contributed by atoms with Gasteiger partial charge in [0, 0.05) is 51.8 Å². The minimum absolute atomic E-state index is 0.0273. The molecule has 6 rings (SSSR count). The first kappa shape index (κ1) is 30.4. The van der Waals surface area contributed by atoms with Crippen LogP contribution in [0.4, 0.5) is 0 Å². The van der Waals surface area contributed by atoms with Crippen molar-refractivity contribution in [2.75, 3.05) is 0 Å². The third-order valence-electron chi connectivity index (χ3n) is 6.02. The Labute approximate surface area is 248 Å². The topological polar surface area (TPSA) is 121 Å². The Morgan fingerprint density at radius 1 is 0.690 bits per heavy atom. The van der Waals surface area contributed by atoms with Gasteiger partial charge in [0.1, 0.15) is 28.2 Å². The van der Waals surface area contributed by atoms with Crippen molar-refractivity contribution in [2.45, 2.75) is 46.8 Å². The number of pyridine rings is 4. The molecule has 0 atom stereocenters. The molecule has 0 saturated heterocycles. The van der Waals surface area contributed by atoms with Crippen molar-refractivity contribution in [3.05, 3.63) is 84.4 Å². The van der Waals surface area contributed by atoms with E-state index in [9.17, 15) is 4.79 Å². The SMILES string of the molecule is CC(C)Oc1cc(C=O)nc2c1ccc1cccnc12.Cc1cc(OC(C)C)c2ccc3cccnc3c2n1.O=[Se]=O. The van der Waals surface area contributed by atoms with Gasteiger partial charge in [0.05, 0.1) is 23.2 Å². The molecule has 0 amide bonds. The van der Waals surface area contributed by atoms with Crippen molar-refractivity contribution in [2.24, 2.45) is 0 Å². The number of hydrogen-bond acceptors (Lipinski definition) is 9. The maximum absolute atomic E-state index is 11.1. The summed E-state index contributed by atoms with van der Waals surface area (Å²) < 4.78 is 28.6. The standard InChI is InChI=1S/C16H14N2O2.C16H16N2O.O2Se/c1-10(2)20-14-8-12(9-19)18-16-13(14)6-5-11-4-3-7-17-15(11)16;1-10(2)19-14-9-11(3)18-16-13(14)7-6-12-5-4-8-17-15(12)16;1-3-2/h3-10H,1-2H3;4-10H,1-3H3;. The Bertz CT molecular complexity index is 1920. The summed E-state index contributed by atoms with van der Waals surface area (Å²) in [5, 5.41) is 3.98. The molecule has 0 aliphatic carbocycles. The van der Waals surface area contributed by atoms with Gasteiger partial charge in [0.25, 0.3) is 0 Å². The number of ether oxygens (including phenoxy) is 2. The Balaban J connectivity index is 0.000000177. The second kappa shape index (κ2) is 13.9. The molecule has 0 spiro atoms. The fourth-order valence-corrected chi connectivity index (χ4v) is 4.50. The Morgan fingerprint density at radius 2 is 1.17 bits per heavy atom. The van der Waals surface area contributed by atoms with Gasteiger partial charge in [-0.15, -0.1) is 0 Å². The number of aldehydes is 1. The molecule has 6 aromatic rings. The molecule has 2 aromatic carbocycles. The van der Waals surface area contributed by atoms with E-state index in [2.05, 4.69) is 38.1 Å². The van der Waals surface area contributed by atoms with E-state index in [1.54, 1.807) is 18.5 Å². The van der Waals surface area contributed by atoms with Crippen molar-refractivity contribution in [1.29, 1.82) is 0 Å². The van der Waals surface area contributed by atoms with E-state index in [1.807, 2.05) is 71.0 Å². The number of rotatable bonds is 5. The Hall–Kier alpha value is -4.53.